The Morgan fingerprint density at radius 3 is 2.21 bits per heavy atom. The fraction of sp³-hybridized carbons (Fsp3) is 0.500. The number of carbonyl (C=O) groups is 1. The summed E-state index contributed by atoms with van der Waals surface area (Å²) in [5, 5.41) is 3.34. The van der Waals surface area contributed by atoms with Gasteiger partial charge in [0.2, 0.25) is 0 Å². The summed E-state index contributed by atoms with van der Waals surface area (Å²) < 4.78 is 49.3. The maximum Gasteiger partial charge on any atom is 0.416 e. The molecule has 0 radical (unpaired) electrons. The Hall–Kier alpha value is -2.54. The van der Waals surface area contributed by atoms with E-state index in [0.717, 1.165) is 43.7 Å². The summed E-state index contributed by atoms with van der Waals surface area (Å²) in [5.41, 5.74) is 0.939. The van der Waals surface area contributed by atoms with Crippen LogP contribution in [0.2, 0.25) is 0 Å². The Bertz CT molecular complexity index is 863. The number of hydrogen-bond donors (Lipinski definition) is 1. The fourth-order valence-corrected chi connectivity index (χ4v) is 3.92. The smallest absolute Gasteiger partial charge is 0.416 e. The molecule has 2 aromatic rings. The van der Waals surface area contributed by atoms with Crippen LogP contribution >= 0.6 is 0 Å². The summed E-state index contributed by atoms with van der Waals surface area (Å²) in [7, 11) is 3.16. The highest BCUT2D eigenvalue weighted by atomic mass is 19.4. The number of aldehydes is 1. The normalized spacial score (nSPS) is 14.4. The van der Waals surface area contributed by atoms with Crippen molar-refractivity contribution in [2.24, 2.45) is 5.92 Å². The first-order valence-electron chi connectivity index (χ1n) is 11.3. The molecule has 0 aliphatic heterocycles. The van der Waals surface area contributed by atoms with Gasteiger partial charge in [-0.3, -0.25) is 0 Å². The number of alkyl halides is 3. The molecule has 0 saturated heterocycles. The fourth-order valence-electron chi connectivity index (χ4n) is 3.92. The van der Waals surface area contributed by atoms with Crippen molar-refractivity contribution in [3.63, 3.8) is 0 Å². The third-order valence-electron chi connectivity index (χ3n) is 6.01. The molecule has 0 amide bonds. The minimum atomic E-state index is -4.32. The molecule has 0 heterocycles. The molecule has 0 aliphatic rings. The largest absolute Gasteiger partial charge is 0.497 e. The Balaban J connectivity index is 1.78. The number of unbranched alkanes of at least 4 members (excludes halogenated alkanes) is 1. The van der Waals surface area contributed by atoms with Gasteiger partial charge in [-0.05, 0) is 60.5 Å². The van der Waals surface area contributed by atoms with Crippen LogP contribution in [0.3, 0.4) is 0 Å². The first-order chi connectivity index (χ1) is 15.7. The molecular formula is C26H34F3NO3. The lowest BCUT2D eigenvalue weighted by Crippen LogP contribution is -2.22. The first-order valence-corrected chi connectivity index (χ1v) is 11.3. The van der Waals surface area contributed by atoms with Gasteiger partial charge in [0.25, 0.3) is 0 Å². The maximum absolute atomic E-state index is 12.9. The number of rotatable bonds is 13. The van der Waals surface area contributed by atoms with E-state index in [1.807, 2.05) is 19.1 Å². The van der Waals surface area contributed by atoms with Gasteiger partial charge < -0.3 is 19.6 Å². The van der Waals surface area contributed by atoms with Crippen LogP contribution < -0.4 is 14.8 Å². The Morgan fingerprint density at radius 1 is 0.970 bits per heavy atom. The zero-order valence-electron chi connectivity index (χ0n) is 19.7. The van der Waals surface area contributed by atoms with Crippen LogP contribution in [0, 0.1) is 5.92 Å². The number of benzene rings is 2. The molecule has 2 rings (SSSR count). The maximum atomic E-state index is 12.9. The molecule has 2 aromatic carbocycles. The van der Waals surface area contributed by atoms with E-state index in [1.165, 1.54) is 12.1 Å². The zero-order valence-corrected chi connectivity index (χ0v) is 19.7. The molecular weight excluding hydrogens is 431 g/mol. The highest BCUT2D eigenvalue weighted by Crippen LogP contribution is 2.33. The van der Waals surface area contributed by atoms with Crippen LogP contribution in [0.15, 0.2) is 42.5 Å². The predicted octanol–water partition coefficient (Wildman–Crippen LogP) is 6.20. The molecule has 0 aliphatic carbocycles. The molecule has 0 fully saturated rings. The van der Waals surface area contributed by atoms with Gasteiger partial charge in [0.1, 0.15) is 17.8 Å². The molecule has 3 atom stereocenters. The second-order valence-corrected chi connectivity index (χ2v) is 8.51. The van der Waals surface area contributed by atoms with Crippen molar-refractivity contribution in [3.8, 4) is 11.5 Å². The standard InChI is InChI=1S/C26H34F3NO3/c1-18(25(17-31)21-13-23(32-3)15-24(14-21)33-4)8-5-6-11-30-16-19(2)20-9-7-10-22(12-20)26(27,28)29/h7,9-10,12-15,17-19,25,30H,5-6,8,11,16H2,1-4H3. The summed E-state index contributed by atoms with van der Waals surface area (Å²) in [5.74, 6) is 1.20. The monoisotopic (exact) mass is 465 g/mol. The second-order valence-electron chi connectivity index (χ2n) is 8.51. The van der Waals surface area contributed by atoms with Crippen molar-refractivity contribution in [1.82, 2.24) is 5.32 Å². The number of nitrogens with one attached hydrogen (secondary N) is 1. The second kappa shape index (κ2) is 12.6. The van der Waals surface area contributed by atoms with Crippen molar-refractivity contribution in [2.75, 3.05) is 27.3 Å². The number of methoxy groups -OCH3 is 2. The lowest BCUT2D eigenvalue weighted by Gasteiger charge is -2.20. The lowest BCUT2D eigenvalue weighted by molar-refractivity contribution is -0.137. The summed E-state index contributed by atoms with van der Waals surface area (Å²) >= 11 is 0. The number of carbonyl (C=O) groups excluding carboxylic acids is 1. The van der Waals surface area contributed by atoms with E-state index in [1.54, 1.807) is 26.4 Å². The quantitative estimate of drug-likeness (QED) is 0.282. The van der Waals surface area contributed by atoms with E-state index in [2.05, 4.69) is 12.2 Å². The Labute approximate surface area is 194 Å². The predicted molar refractivity (Wildman–Crippen MR) is 124 cm³/mol. The third-order valence-corrected chi connectivity index (χ3v) is 6.01. The average molecular weight is 466 g/mol. The summed E-state index contributed by atoms with van der Waals surface area (Å²) in [6, 6.07) is 11.0. The number of hydrogen-bond acceptors (Lipinski definition) is 4. The number of halogens is 3. The van der Waals surface area contributed by atoms with Gasteiger partial charge in [0.15, 0.2) is 0 Å². The van der Waals surface area contributed by atoms with Crippen LogP contribution in [0.4, 0.5) is 13.2 Å². The molecule has 0 aromatic heterocycles. The minimum Gasteiger partial charge on any atom is -0.497 e. The van der Waals surface area contributed by atoms with Crippen LogP contribution in [0.25, 0.3) is 0 Å². The minimum absolute atomic E-state index is 0.0197. The molecule has 0 saturated carbocycles. The molecule has 0 bridgehead atoms. The molecule has 3 unspecified atom stereocenters. The summed E-state index contributed by atoms with van der Waals surface area (Å²) in [4.78, 5) is 11.8. The number of ether oxygens (including phenoxy) is 2. The van der Waals surface area contributed by atoms with Crippen LogP contribution in [0.1, 0.15) is 61.6 Å². The van der Waals surface area contributed by atoms with Crippen LogP contribution in [0.5, 0.6) is 11.5 Å². The van der Waals surface area contributed by atoms with E-state index < -0.39 is 11.7 Å². The van der Waals surface area contributed by atoms with Gasteiger partial charge >= 0.3 is 6.18 Å². The van der Waals surface area contributed by atoms with E-state index in [9.17, 15) is 18.0 Å². The van der Waals surface area contributed by atoms with Crippen molar-refractivity contribution in [2.45, 2.75) is 51.1 Å². The van der Waals surface area contributed by atoms with E-state index in [0.29, 0.717) is 23.6 Å². The van der Waals surface area contributed by atoms with Crippen LogP contribution in [-0.4, -0.2) is 33.6 Å². The summed E-state index contributed by atoms with van der Waals surface area (Å²) in [6.07, 6.45) is -0.596. The topological polar surface area (TPSA) is 47.6 Å². The SMILES string of the molecule is COc1cc(OC)cc(C(C=O)C(C)CCCCNCC(C)c2cccc(C(F)(F)F)c2)c1. The molecule has 7 heteroatoms. The first kappa shape index (κ1) is 26.7. The highest BCUT2D eigenvalue weighted by molar-refractivity contribution is 5.64. The van der Waals surface area contributed by atoms with Crippen molar-refractivity contribution in [3.05, 3.63) is 59.2 Å². The molecule has 182 valence electrons. The van der Waals surface area contributed by atoms with Gasteiger partial charge in [0, 0.05) is 18.5 Å². The lowest BCUT2D eigenvalue weighted by atomic mass is 9.85. The van der Waals surface area contributed by atoms with Crippen molar-refractivity contribution < 1.29 is 27.4 Å². The van der Waals surface area contributed by atoms with Crippen LogP contribution in [-0.2, 0) is 11.0 Å². The average Bonchev–Trinajstić information content (AvgIpc) is 2.80. The van der Waals surface area contributed by atoms with Crippen molar-refractivity contribution in [1.29, 1.82) is 0 Å². The van der Waals surface area contributed by atoms with E-state index in [4.69, 9.17) is 9.47 Å². The van der Waals surface area contributed by atoms with Gasteiger partial charge in [-0.15, -0.1) is 0 Å². The summed E-state index contributed by atoms with van der Waals surface area (Å²) in [6.45, 7) is 5.36. The van der Waals surface area contributed by atoms with Gasteiger partial charge in [-0.25, -0.2) is 0 Å². The third kappa shape index (κ3) is 8.07. The molecule has 4 nitrogen and oxygen atoms in total. The molecule has 0 spiro atoms. The molecule has 33 heavy (non-hydrogen) atoms. The molecule has 1 N–H and O–H groups in total. The van der Waals surface area contributed by atoms with E-state index >= 15 is 0 Å². The Morgan fingerprint density at radius 2 is 1.64 bits per heavy atom. The van der Waals surface area contributed by atoms with Crippen molar-refractivity contribution >= 4 is 6.29 Å². The highest BCUT2D eigenvalue weighted by Gasteiger charge is 2.30. The van der Waals surface area contributed by atoms with E-state index in [-0.39, 0.29) is 17.8 Å². The van der Waals surface area contributed by atoms with Gasteiger partial charge in [-0.1, -0.05) is 38.5 Å². The zero-order chi connectivity index (χ0) is 24.4. The Kier molecular flexibility index (Phi) is 10.2. The van der Waals surface area contributed by atoms with Gasteiger partial charge in [-0.2, -0.15) is 13.2 Å². The van der Waals surface area contributed by atoms with Gasteiger partial charge in [0.05, 0.1) is 19.8 Å².